The lowest BCUT2D eigenvalue weighted by atomic mass is 10.1. The standard InChI is InChI=1S/C16H26N4O2S/c1-12-8-13(2)10-14(9-12)22-11-15(21)18-19-16(23)17-6-5-7-20(3)4/h8-10H,5-7,11H2,1-4H3,(H,18,21)(H2,17,19,23)/p+1. The molecule has 0 aromatic heterocycles. The summed E-state index contributed by atoms with van der Waals surface area (Å²) in [5, 5.41) is 3.43. The highest BCUT2D eigenvalue weighted by Crippen LogP contribution is 2.15. The number of rotatable bonds is 7. The van der Waals surface area contributed by atoms with Crippen molar-refractivity contribution in [2.75, 3.05) is 33.8 Å². The van der Waals surface area contributed by atoms with Crippen LogP contribution in [-0.4, -0.2) is 44.8 Å². The van der Waals surface area contributed by atoms with Gasteiger partial charge in [-0.1, -0.05) is 6.07 Å². The number of hydrogen-bond donors (Lipinski definition) is 4. The van der Waals surface area contributed by atoms with Gasteiger partial charge in [-0.05, 0) is 49.3 Å². The average molecular weight is 339 g/mol. The van der Waals surface area contributed by atoms with E-state index in [2.05, 4.69) is 36.3 Å². The van der Waals surface area contributed by atoms with E-state index in [4.69, 9.17) is 17.0 Å². The van der Waals surface area contributed by atoms with Crippen molar-refractivity contribution in [3.63, 3.8) is 0 Å². The topological polar surface area (TPSA) is 66.8 Å². The first kappa shape index (κ1) is 19.2. The SMILES string of the molecule is Cc1cc(C)cc(OCC(=O)NNC(=S)NCCC[NH+](C)C)c1. The Labute approximate surface area is 143 Å². The maximum absolute atomic E-state index is 11.7. The van der Waals surface area contributed by atoms with Crippen molar-refractivity contribution in [3.05, 3.63) is 29.3 Å². The van der Waals surface area contributed by atoms with E-state index >= 15 is 0 Å². The minimum atomic E-state index is -0.286. The molecule has 1 aromatic rings. The molecule has 0 radical (unpaired) electrons. The van der Waals surface area contributed by atoms with Crippen LogP contribution in [0.1, 0.15) is 17.5 Å². The fourth-order valence-corrected chi connectivity index (χ4v) is 2.17. The smallest absolute Gasteiger partial charge is 0.276 e. The first-order valence-electron chi connectivity index (χ1n) is 7.69. The van der Waals surface area contributed by atoms with Crippen LogP contribution in [0.2, 0.25) is 0 Å². The molecule has 1 amide bonds. The van der Waals surface area contributed by atoms with E-state index in [-0.39, 0.29) is 12.5 Å². The van der Waals surface area contributed by atoms with Crippen molar-refractivity contribution < 1.29 is 14.4 Å². The summed E-state index contributed by atoms with van der Waals surface area (Å²) in [6.45, 7) is 5.74. The number of aryl methyl sites for hydroxylation is 2. The van der Waals surface area contributed by atoms with Crippen LogP contribution < -0.4 is 25.8 Å². The zero-order chi connectivity index (χ0) is 17.2. The van der Waals surface area contributed by atoms with Gasteiger partial charge in [0.05, 0.1) is 20.6 Å². The lowest BCUT2D eigenvalue weighted by Crippen LogP contribution is -3.05. The van der Waals surface area contributed by atoms with Gasteiger partial charge in [-0.2, -0.15) is 0 Å². The fraction of sp³-hybridized carbons (Fsp3) is 0.500. The Balaban J connectivity index is 2.20. The molecule has 1 rings (SSSR count). The predicted molar refractivity (Wildman–Crippen MR) is 95.6 cm³/mol. The van der Waals surface area contributed by atoms with Crippen LogP contribution >= 0.6 is 12.2 Å². The third kappa shape index (κ3) is 9.00. The van der Waals surface area contributed by atoms with Crippen molar-refractivity contribution in [1.82, 2.24) is 16.2 Å². The number of hydrogen-bond acceptors (Lipinski definition) is 3. The monoisotopic (exact) mass is 339 g/mol. The molecular formula is C16H27N4O2S+. The first-order valence-corrected chi connectivity index (χ1v) is 8.10. The highest BCUT2D eigenvalue weighted by atomic mass is 32.1. The summed E-state index contributed by atoms with van der Waals surface area (Å²) < 4.78 is 5.47. The number of amides is 1. The molecule has 0 saturated heterocycles. The van der Waals surface area contributed by atoms with Crippen LogP contribution in [0.3, 0.4) is 0 Å². The normalized spacial score (nSPS) is 10.3. The Bertz CT molecular complexity index is 515. The minimum absolute atomic E-state index is 0.0670. The summed E-state index contributed by atoms with van der Waals surface area (Å²) in [4.78, 5) is 13.1. The van der Waals surface area contributed by atoms with Crippen LogP contribution in [0.25, 0.3) is 0 Å². The van der Waals surface area contributed by atoms with Crippen molar-refractivity contribution in [2.24, 2.45) is 0 Å². The van der Waals surface area contributed by atoms with Gasteiger partial charge in [-0.15, -0.1) is 0 Å². The van der Waals surface area contributed by atoms with Gasteiger partial charge in [0.2, 0.25) is 0 Å². The Hall–Kier alpha value is -1.86. The fourth-order valence-electron chi connectivity index (χ4n) is 2.02. The molecule has 0 unspecified atom stereocenters. The highest BCUT2D eigenvalue weighted by Gasteiger charge is 2.04. The third-order valence-corrected chi connectivity index (χ3v) is 3.27. The second-order valence-electron chi connectivity index (χ2n) is 5.85. The molecule has 23 heavy (non-hydrogen) atoms. The molecule has 0 aliphatic carbocycles. The first-order chi connectivity index (χ1) is 10.9. The third-order valence-electron chi connectivity index (χ3n) is 3.02. The Morgan fingerprint density at radius 2 is 1.83 bits per heavy atom. The molecule has 128 valence electrons. The molecule has 0 aliphatic heterocycles. The van der Waals surface area contributed by atoms with E-state index in [9.17, 15) is 4.79 Å². The van der Waals surface area contributed by atoms with Crippen LogP contribution in [0.5, 0.6) is 5.75 Å². The van der Waals surface area contributed by atoms with E-state index in [1.807, 2.05) is 26.0 Å². The number of carbonyl (C=O) groups is 1. The summed E-state index contributed by atoms with van der Waals surface area (Å²) in [5.74, 6) is 0.399. The second kappa shape index (κ2) is 10.0. The molecule has 0 heterocycles. The quantitative estimate of drug-likeness (QED) is 0.312. The van der Waals surface area contributed by atoms with Gasteiger partial charge in [0.25, 0.3) is 5.91 Å². The van der Waals surface area contributed by atoms with Crippen LogP contribution in [0, 0.1) is 13.8 Å². The number of thiocarbonyl (C=S) groups is 1. The van der Waals surface area contributed by atoms with Gasteiger partial charge in [0.15, 0.2) is 11.7 Å². The molecule has 7 heteroatoms. The number of hydrazine groups is 1. The average Bonchev–Trinajstić information content (AvgIpc) is 2.46. The van der Waals surface area contributed by atoms with E-state index in [1.165, 1.54) is 4.90 Å². The zero-order valence-electron chi connectivity index (χ0n) is 14.3. The van der Waals surface area contributed by atoms with Crippen molar-refractivity contribution >= 4 is 23.2 Å². The summed E-state index contributed by atoms with van der Waals surface area (Å²) in [7, 11) is 4.21. The molecule has 0 saturated carbocycles. The molecule has 0 aliphatic rings. The largest absolute Gasteiger partial charge is 0.484 e. The number of nitrogens with one attached hydrogen (secondary N) is 4. The minimum Gasteiger partial charge on any atom is -0.484 e. The Kier molecular flexibility index (Phi) is 8.36. The molecule has 0 fully saturated rings. The summed E-state index contributed by atoms with van der Waals surface area (Å²) in [5.41, 5.74) is 7.37. The number of carbonyl (C=O) groups excluding carboxylic acids is 1. The van der Waals surface area contributed by atoms with Crippen LogP contribution in [0.15, 0.2) is 18.2 Å². The van der Waals surface area contributed by atoms with Gasteiger partial charge in [0.1, 0.15) is 5.75 Å². The van der Waals surface area contributed by atoms with Gasteiger partial charge in [-0.3, -0.25) is 15.6 Å². The zero-order valence-corrected chi connectivity index (χ0v) is 15.1. The lowest BCUT2D eigenvalue weighted by Gasteiger charge is -2.13. The summed E-state index contributed by atoms with van der Waals surface area (Å²) in [6.07, 6.45) is 1.01. The number of ether oxygens (including phenoxy) is 1. The van der Waals surface area contributed by atoms with E-state index < -0.39 is 0 Å². The van der Waals surface area contributed by atoms with E-state index in [0.717, 1.165) is 30.6 Å². The van der Waals surface area contributed by atoms with Crippen molar-refractivity contribution in [2.45, 2.75) is 20.3 Å². The summed E-state index contributed by atoms with van der Waals surface area (Å²) in [6, 6.07) is 5.84. The van der Waals surface area contributed by atoms with Gasteiger partial charge in [0, 0.05) is 13.0 Å². The maximum Gasteiger partial charge on any atom is 0.276 e. The number of benzene rings is 1. The predicted octanol–water partition coefficient (Wildman–Crippen LogP) is -0.288. The van der Waals surface area contributed by atoms with E-state index in [0.29, 0.717) is 10.9 Å². The van der Waals surface area contributed by atoms with Crippen LogP contribution in [0.4, 0.5) is 0 Å². The van der Waals surface area contributed by atoms with Crippen LogP contribution in [-0.2, 0) is 4.79 Å². The molecule has 0 atom stereocenters. The Morgan fingerprint density at radius 1 is 1.17 bits per heavy atom. The molecule has 0 spiro atoms. The Morgan fingerprint density at radius 3 is 2.43 bits per heavy atom. The van der Waals surface area contributed by atoms with Gasteiger partial charge >= 0.3 is 0 Å². The van der Waals surface area contributed by atoms with Gasteiger partial charge in [-0.25, -0.2) is 0 Å². The lowest BCUT2D eigenvalue weighted by molar-refractivity contribution is -0.858. The molecule has 6 nitrogen and oxygen atoms in total. The maximum atomic E-state index is 11.7. The van der Waals surface area contributed by atoms with E-state index in [1.54, 1.807) is 0 Å². The number of quaternary nitrogens is 1. The summed E-state index contributed by atoms with van der Waals surface area (Å²) >= 11 is 5.08. The second-order valence-corrected chi connectivity index (χ2v) is 6.26. The van der Waals surface area contributed by atoms with Gasteiger partial charge < -0.3 is 15.0 Å². The molecule has 1 aromatic carbocycles. The van der Waals surface area contributed by atoms with Crippen molar-refractivity contribution in [3.8, 4) is 5.75 Å². The highest BCUT2D eigenvalue weighted by molar-refractivity contribution is 7.80. The molecule has 4 N–H and O–H groups in total. The molecule has 0 bridgehead atoms. The van der Waals surface area contributed by atoms with Crippen molar-refractivity contribution in [1.29, 1.82) is 0 Å². The molecular weight excluding hydrogens is 312 g/mol.